The Hall–Kier alpha value is -3.68. The average molecular weight is 377 g/mol. The maximum Gasteiger partial charge on any atom is 0.171 e. The van der Waals surface area contributed by atoms with Gasteiger partial charge in [0.05, 0.1) is 23.7 Å². The van der Waals surface area contributed by atoms with Gasteiger partial charge in [-0.3, -0.25) is 19.7 Å². The van der Waals surface area contributed by atoms with Gasteiger partial charge < -0.3 is 0 Å². The third-order valence-electron chi connectivity index (χ3n) is 4.19. The van der Waals surface area contributed by atoms with Crippen LogP contribution in [0.2, 0.25) is 0 Å². The quantitative estimate of drug-likeness (QED) is 0.496. The van der Waals surface area contributed by atoms with Crippen molar-refractivity contribution in [1.29, 1.82) is 0 Å². The van der Waals surface area contributed by atoms with Crippen molar-refractivity contribution in [3.05, 3.63) is 89.8 Å². The molecule has 138 valence electrons. The summed E-state index contributed by atoms with van der Waals surface area (Å²) in [5.74, 6) is -0.803. The van der Waals surface area contributed by atoms with Crippen molar-refractivity contribution in [2.24, 2.45) is 0 Å². The lowest BCUT2D eigenvalue weighted by atomic mass is 9.97. The number of carbonyl (C=O) groups is 1. The van der Waals surface area contributed by atoms with Crippen molar-refractivity contribution < 1.29 is 13.6 Å². The van der Waals surface area contributed by atoms with Crippen LogP contribution in [0.1, 0.15) is 33.4 Å². The molecule has 1 atom stereocenters. The van der Waals surface area contributed by atoms with Gasteiger partial charge in [0.2, 0.25) is 0 Å². The number of benzene rings is 1. The average Bonchev–Trinajstić information content (AvgIpc) is 2.74. The van der Waals surface area contributed by atoms with Crippen molar-refractivity contribution in [3.8, 4) is 0 Å². The zero-order valence-corrected chi connectivity index (χ0v) is 14.5. The lowest BCUT2D eigenvalue weighted by molar-refractivity contribution is 0.0993. The molecule has 3 heterocycles. The first-order chi connectivity index (χ1) is 13.6. The molecule has 0 bridgehead atoms. The summed E-state index contributed by atoms with van der Waals surface area (Å²) in [5.41, 5.74) is 1.92. The zero-order valence-electron chi connectivity index (χ0n) is 14.5. The van der Waals surface area contributed by atoms with Crippen LogP contribution in [0.3, 0.4) is 0 Å². The number of fused-ring (bicyclic) bond motifs is 1. The summed E-state index contributed by atoms with van der Waals surface area (Å²) in [6.45, 7) is 0. The normalized spacial score (nSPS) is 12.1. The van der Waals surface area contributed by atoms with E-state index in [1.54, 1.807) is 6.07 Å². The molecule has 1 unspecified atom stereocenters. The molecule has 0 fully saturated rings. The standard InChI is InChI=1S/C20H13F2N5O/c21-14-1-2-15(27-10-14)7-18(28)16-5-12(6-17-20(16)26-4-3-25-17)19(22)13-8-23-11-24-9-13/h1-6,8-11,19H,7H2. The Morgan fingerprint density at radius 2 is 1.75 bits per heavy atom. The number of ketones is 1. The Labute approximate surface area is 158 Å². The number of pyridine rings is 1. The number of carbonyl (C=O) groups excluding carboxylic acids is 1. The van der Waals surface area contributed by atoms with Crippen LogP contribution in [-0.2, 0) is 6.42 Å². The molecule has 0 aliphatic rings. The second-order valence-corrected chi connectivity index (χ2v) is 6.09. The Bertz CT molecular complexity index is 1140. The van der Waals surface area contributed by atoms with E-state index in [4.69, 9.17) is 0 Å². The van der Waals surface area contributed by atoms with Crippen LogP contribution < -0.4 is 0 Å². The SMILES string of the molecule is O=C(Cc1ccc(F)cn1)c1cc(C(F)c2cncnc2)cc2nccnc12. The van der Waals surface area contributed by atoms with Crippen LogP contribution in [0.5, 0.6) is 0 Å². The van der Waals surface area contributed by atoms with Gasteiger partial charge in [0.1, 0.15) is 12.1 Å². The van der Waals surface area contributed by atoms with Crippen LogP contribution >= 0.6 is 0 Å². The summed E-state index contributed by atoms with van der Waals surface area (Å²) in [6.07, 6.45) is 6.46. The van der Waals surface area contributed by atoms with Crippen LogP contribution in [0.25, 0.3) is 11.0 Å². The zero-order chi connectivity index (χ0) is 19.5. The molecule has 1 aromatic carbocycles. The Morgan fingerprint density at radius 3 is 2.50 bits per heavy atom. The van der Waals surface area contributed by atoms with Crippen LogP contribution in [-0.4, -0.2) is 30.7 Å². The minimum Gasteiger partial charge on any atom is -0.294 e. The molecular weight excluding hydrogens is 364 g/mol. The van der Waals surface area contributed by atoms with Gasteiger partial charge in [0, 0.05) is 41.6 Å². The number of halogens is 2. The molecule has 4 aromatic rings. The maximum atomic E-state index is 15.0. The van der Waals surface area contributed by atoms with E-state index in [0.29, 0.717) is 16.7 Å². The second-order valence-electron chi connectivity index (χ2n) is 6.09. The second kappa shape index (κ2) is 7.51. The molecule has 0 aliphatic carbocycles. The Kier molecular flexibility index (Phi) is 4.76. The molecule has 0 saturated heterocycles. The molecule has 0 amide bonds. The minimum atomic E-state index is -1.52. The van der Waals surface area contributed by atoms with Crippen LogP contribution in [0, 0.1) is 5.82 Å². The van der Waals surface area contributed by atoms with Gasteiger partial charge in [-0.15, -0.1) is 0 Å². The molecule has 0 aliphatic heterocycles. The van der Waals surface area contributed by atoms with Crippen molar-refractivity contribution in [1.82, 2.24) is 24.9 Å². The molecular formula is C20H13F2N5O. The first-order valence-electron chi connectivity index (χ1n) is 8.39. The smallest absolute Gasteiger partial charge is 0.171 e. The van der Waals surface area contributed by atoms with Crippen LogP contribution in [0.4, 0.5) is 8.78 Å². The van der Waals surface area contributed by atoms with E-state index in [1.165, 1.54) is 49.3 Å². The maximum absolute atomic E-state index is 15.0. The van der Waals surface area contributed by atoms with Gasteiger partial charge in [0.15, 0.2) is 12.0 Å². The number of nitrogens with zero attached hydrogens (tertiary/aromatic N) is 5. The third-order valence-corrected chi connectivity index (χ3v) is 4.19. The highest BCUT2D eigenvalue weighted by Gasteiger charge is 2.20. The fraction of sp³-hybridized carbons (Fsp3) is 0.100. The third kappa shape index (κ3) is 3.57. The molecule has 28 heavy (non-hydrogen) atoms. The molecule has 0 radical (unpaired) electrons. The van der Waals surface area contributed by atoms with Gasteiger partial charge in [0.25, 0.3) is 0 Å². The van der Waals surface area contributed by atoms with Gasteiger partial charge in [-0.1, -0.05) is 0 Å². The summed E-state index contributed by atoms with van der Waals surface area (Å²) in [7, 11) is 0. The van der Waals surface area contributed by atoms with Gasteiger partial charge in [-0.05, 0) is 29.8 Å². The van der Waals surface area contributed by atoms with Gasteiger partial charge in [-0.25, -0.2) is 18.7 Å². The minimum absolute atomic E-state index is 0.0686. The van der Waals surface area contributed by atoms with E-state index >= 15 is 4.39 Å². The van der Waals surface area contributed by atoms with E-state index in [-0.39, 0.29) is 28.9 Å². The van der Waals surface area contributed by atoms with E-state index in [2.05, 4.69) is 24.9 Å². The highest BCUT2D eigenvalue weighted by molar-refractivity contribution is 6.07. The molecule has 0 saturated carbocycles. The number of hydrogen-bond acceptors (Lipinski definition) is 6. The first kappa shape index (κ1) is 17.7. The van der Waals surface area contributed by atoms with Crippen molar-refractivity contribution in [3.63, 3.8) is 0 Å². The van der Waals surface area contributed by atoms with Gasteiger partial charge in [-0.2, -0.15) is 0 Å². The summed E-state index contributed by atoms with van der Waals surface area (Å²) in [5, 5.41) is 0. The lowest BCUT2D eigenvalue weighted by Gasteiger charge is -2.12. The summed E-state index contributed by atoms with van der Waals surface area (Å²) >= 11 is 0. The first-order valence-corrected chi connectivity index (χ1v) is 8.39. The Balaban J connectivity index is 1.76. The largest absolute Gasteiger partial charge is 0.294 e. The monoisotopic (exact) mass is 377 g/mol. The van der Waals surface area contributed by atoms with Crippen molar-refractivity contribution in [2.75, 3.05) is 0 Å². The van der Waals surface area contributed by atoms with Gasteiger partial charge >= 0.3 is 0 Å². The summed E-state index contributed by atoms with van der Waals surface area (Å²) in [6, 6.07) is 5.68. The molecule has 4 rings (SSSR count). The summed E-state index contributed by atoms with van der Waals surface area (Å²) < 4.78 is 28.1. The Morgan fingerprint density at radius 1 is 0.964 bits per heavy atom. The molecule has 0 N–H and O–H groups in total. The van der Waals surface area contributed by atoms with E-state index in [0.717, 1.165) is 6.20 Å². The van der Waals surface area contributed by atoms with E-state index < -0.39 is 12.0 Å². The fourth-order valence-electron chi connectivity index (χ4n) is 2.86. The van der Waals surface area contributed by atoms with Crippen molar-refractivity contribution in [2.45, 2.75) is 12.6 Å². The summed E-state index contributed by atoms with van der Waals surface area (Å²) in [4.78, 5) is 32.9. The fourth-order valence-corrected chi connectivity index (χ4v) is 2.86. The molecule has 3 aromatic heterocycles. The number of aromatic nitrogens is 5. The highest BCUT2D eigenvalue weighted by Crippen LogP contribution is 2.29. The van der Waals surface area contributed by atoms with E-state index in [1.807, 2.05) is 0 Å². The number of alkyl halides is 1. The molecule has 6 nitrogen and oxygen atoms in total. The number of rotatable bonds is 5. The predicted molar refractivity (Wildman–Crippen MR) is 96.8 cm³/mol. The van der Waals surface area contributed by atoms with Crippen LogP contribution in [0.15, 0.2) is 61.6 Å². The highest BCUT2D eigenvalue weighted by atomic mass is 19.1. The predicted octanol–water partition coefficient (Wildman–Crippen LogP) is 3.44. The van der Waals surface area contributed by atoms with Crippen molar-refractivity contribution >= 4 is 16.8 Å². The van der Waals surface area contributed by atoms with E-state index in [9.17, 15) is 9.18 Å². The number of Topliss-reactive ketones (excluding diaryl/α,β-unsaturated/α-hetero) is 1. The lowest BCUT2D eigenvalue weighted by Crippen LogP contribution is -2.09. The topological polar surface area (TPSA) is 81.5 Å². The molecule has 8 heteroatoms. The molecule has 0 spiro atoms. The number of hydrogen-bond donors (Lipinski definition) is 0.